The summed E-state index contributed by atoms with van der Waals surface area (Å²) in [6, 6.07) is -0.416. The van der Waals surface area contributed by atoms with E-state index in [1.54, 1.807) is 0 Å². The van der Waals surface area contributed by atoms with E-state index in [0.29, 0.717) is 19.4 Å². The smallest absolute Gasteiger partial charge is 0.328 e. The third kappa shape index (κ3) is 11.9. The van der Waals surface area contributed by atoms with Gasteiger partial charge in [0.2, 0.25) is 5.91 Å². The van der Waals surface area contributed by atoms with Crippen LogP contribution in [-0.2, 0) is 14.3 Å². The fraction of sp³-hybridized carbons (Fsp3) is 0.727. The summed E-state index contributed by atoms with van der Waals surface area (Å²) in [7, 11) is 0. The van der Waals surface area contributed by atoms with E-state index < -0.39 is 6.04 Å². The maximum Gasteiger partial charge on any atom is 0.328 e. The summed E-state index contributed by atoms with van der Waals surface area (Å²) in [6.45, 7) is 2.66. The van der Waals surface area contributed by atoms with Gasteiger partial charge >= 0.3 is 5.97 Å². The van der Waals surface area contributed by atoms with Crippen LogP contribution in [-0.4, -0.2) is 24.5 Å². The van der Waals surface area contributed by atoms with Crippen LogP contribution in [0.2, 0.25) is 0 Å². The predicted molar refractivity (Wildman–Crippen MR) is 107 cm³/mol. The van der Waals surface area contributed by atoms with Gasteiger partial charge in [0, 0.05) is 12.8 Å². The van der Waals surface area contributed by atoms with Gasteiger partial charge in [-0.15, -0.1) is 0 Å². The van der Waals surface area contributed by atoms with E-state index >= 15 is 0 Å². The van der Waals surface area contributed by atoms with Gasteiger partial charge in [0.25, 0.3) is 0 Å². The first-order valence-electron chi connectivity index (χ1n) is 10.5. The van der Waals surface area contributed by atoms with E-state index in [1.807, 2.05) is 0 Å². The topological polar surface area (TPSA) is 55.4 Å². The number of carbonyl (C=O) groups is 2. The Morgan fingerprint density at radius 2 is 1.65 bits per heavy atom. The highest BCUT2D eigenvalue weighted by Gasteiger charge is 2.27. The highest BCUT2D eigenvalue weighted by atomic mass is 16.5. The van der Waals surface area contributed by atoms with Gasteiger partial charge in [0.1, 0.15) is 6.04 Å². The summed E-state index contributed by atoms with van der Waals surface area (Å²) in [5.41, 5.74) is 0. The van der Waals surface area contributed by atoms with Gasteiger partial charge in [-0.05, 0) is 38.5 Å². The van der Waals surface area contributed by atoms with Crippen molar-refractivity contribution in [1.29, 1.82) is 0 Å². The Morgan fingerprint density at radius 1 is 1.00 bits per heavy atom. The Labute approximate surface area is 159 Å². The average Bonchev–Trinajstić information content (AvgIpc) is 3.03. The average molecular weight is 364 g/mol. The van der Waals surface area contributed by atoms with Crippen LogP contribution in [0.15, 0.2) is 24.3 Å². The van der Waals surface area contributed by atoms with Gasteiger partial charge in [-0.3, -0.25) is 4.79 Å². The highest BCUT2D eigenvalue weighted by Crippen LogP contribution is 2.10. The molecule has 4 heteroatoms. The second kappa shape index (κ2) is 15.7. The number of amides is 1. The molecule has 0 bridgehead atoms. The van der Waals surface area contributed by atoms with Crippen molar-refractivity contribution < 1.29 is 14.3 Å². The van der Waals surface area contributed by atoms with Crippen LogP contribution in [0.5, 0.6) is 0 Å². The number of hydrogen-bond donors (Lipinski definition) is 1. The lowest BCUT2D eigenvalue weighted by Crippen LogP contribution is -2.37. The van der Waals surface area contributed by atoms with Crippen LogP contribution in [0, 0.1) is 0 Å². The molecule has 0 radical (unpaired) electrons. The Balaban J connectivity index is 1.85. The SMILES string of the molecule is CCCCC/C=C\C/C=C\CCCCCCCC(=O)NC1CCOC1=O. The van der Waals surface area contributed by atoms with E-state index in [9.17, 15) is 9.59 Å². The first-order valence-corrected chi connectivity index (χ1v) is 10.5. The summed E-state index contributed by atoms with van der Waals surface area (Å²) in [6.07, 6.45) is 23.1. The van der Waals surface area contributed by atoms with E-state index in [1.165, 1.54) is 44.9 Å². The Bertz CT molecular complexity index is 443. The van der Waals surface area contributed by atoms with Crippen molar-refractivity contribution in [3.63, 3.8) is 0 Å². The lowest BCUT2D eigenvalue weighted by atomic mass is 10.1. The largest absolute Gasteiger partial charge is 0.464 e. The van der Waals surface area contributed by atoms with E-state index in [2.05, 4.69) is 36.5 Å². The maximum absolute atomic E-state index is 11.7. The number of allylic oxidation sites excluding steroid dienone is 4. The number of carbonyl (C=O) groups excluding carboxylic acids is 2. The normalized spacial score (nSPS) is 17.3. The number of cyclic esters (lactones) is 1. The zero-order valence-corrected chi connectivity index (χ0v) is 16.5. The predicted octanol–water partition coefficient (Wildman–Crippen LogP) is 5.23. The molecule has 1 aliphatic heterocycles. The van der Waals surface area contributed by atoms with Crippen molar-refractivity contribution in [2.24, 2.45) is 0 Å². The van der Waals surface area contributed by atoms with E-state index in [0.717, 1.165) is 25.7 Å². The molecule has 1 aliphatic rings. The van der Waals surface area contributed by atoms with Crippen molar-refractivity contribution >= 4 is 11.9 Å². The fourth-order valence-corrected chi connectivity index (χ4v) is 2.99. The van der Waals surface area contributed by atoms with Crippen molar-refractivity contribution in [2.45, 2.75) is 96.4 Å². The third-order valence-corrected chi connectivity index (χ3v) is 4.63. The van der Waals surface area contributed by atoms with Gasteiger partial charge in [-0.2, -0.15) is 0 Å². The molecule has 26 heavy (non-hydrogen) atoms. The van der Waals surface area contributed by atoms with Crippen molar-refractivity contribution in [1.82, 2.24) is 5.32 Å². The van der Waals surface area contributed by atoms with Gasteiger partial charge < -0.3 is 10.1 Å². The summed E-state index contributed by atoms with van der Waals surface area (Å²) in [4.78, 5) is 23.0. The molecule has 0 aromatic carbocycles. The number of rotatable bonds is 15. The molecular formula is C22H37NO3. The standard InChI is InChI=1S/C22H37NO3/c1-2-3-4-5-6-7-8-9-10-11-12-13-14-15-16-17-21(24)23-20-18-19-26-22(20)25/h6-7,9-10,20H,2-5,8,11-19H2,1H3,(H,23,24)/b7-6-,10-9-. The molecule has 1 amide bonds. The van der Waals surface area contributed by atoms with Crippen LogP contribution in [0.1, 0.15) is 90.4 Å². The Morgan fingerprint density at radius 3 is 2.31 bits per heavy atom. The van der Waals surface area contributed by atoms with Crippen molar-refractivity contribution in [3.05, 3.63) is 24.3 Å². The van der Waals surface area contributed by atoms with Crippen LogP contribution in [0.4, 0.5) is 0 Å². The molecular weight excluding hydrogens is 326 g/mol. The number of hydrogen-bond acceptors (Lipinski definition) is 3. The molecule has 0 spiro atoms. The van der Waals surface area contributed by atoms with Gasteiger partial charge in [0.05, 0.1) is 6.61 Å². The number of ether oxygens (including phenoxy) is 1. The molecule has 148 valence electrons. The highest BCUT2D eigenvalue weighted by molar-refractivity contribution is 5.85. The van der Waals surface area contributed by atoms with Crippen molar-refractivity contribution in [3.8, 4) is 0 Å². The summed E-state index contributed by atoms with van der Waals surface area (Å²) in [5, 5.41) is 2.75. The fourth-order valence-electron chi connectivity index (χ4n) is 2.99. The first kappa shape index (κ1) is 22.5. The van der Waals surface area contributed by atoms with E-state index in [4.69, 9.17) is 4.74 Å². The number of unbranched alkanes of at least 4 members (excludes halogenated alkanes) is 8. The summed E-state index contributed by atoms with van der Waals surface area (Å²) in [5.74, 6) is -0.321. The van der Waals surface area contributed by atoms with Crippen LogP contribution >= 0.6 is 0 Å². The summed E-state index contributed by atoms with van der Waals surface area (Å²) >= 11 is 0. The van der Waals surface area contributed by atoms with Gasteiger partial charge in [0.15, 0.2) is 0 Å². The molecule has 1 rings (SSSR count). The van der Waals surface area contributed by atoms with Gasteiger partial charge in [-0.1, -0.05) is 63.3 Å². The molecule has 1 unspecified atom stereocenters. The molecule has 1 heterocycles. The molecule has 1 N–H and O–H groups in total. The molecule has 0 aromatic rings. The lowest BCUT2D eigenvalue weighted by Gasteiger charge is -2.08. The maximum atomic E-state index is 11.7. The van der Waals surface area contributed by atoms with Crippen LogP contribution in [0.3, 0.4) is 0 Å². The molecule has 1 saturated heterocycles. The minimum atomic E-state index is -0.416. The van der Waals surface area contributed by atoms with E-state index in [-0.39, 0.29) is 11.9 Å². The summed E-state index contributed by atoms with van der Waals surface area (Å²) < 4.78 is 4.83. The number of esters is 1. The molecule has 0 aromatic heterocycles. The molecule has 0 aliphatic carbocycles. The Hall–Kier alpha value is -1.58. The first-order chi connectivity index (χ1) is 12.7. The molecule has 4 nitrogen and oxygen atoms in total. The minimum Gasteiger partial charge on any atom is -0.464 e. The third-order valence-electron chi connectivity index (χ3n) is 4.63. The molecule has 1 fully saturated rings. The Kier molecular flexibility index (Phi) is 13.5. The number of nitrogens with one attached hydrogen (secondary N) is 1. The zero-order chi connectivity index (χ0) is 18.9. The van der Waals surface area contributed by atoms with Crippen molar-refractivity contribution in [2.75, 3.05) is 6.61 Å². The molecule has 0 saturated carbocycles. The molecule has 1 atom stereocenters. The second-order valence-electron chi connectivity index (χ2n) is 7.06. The van der Waals surface area contributed by atoms with Gasteiger partial charge in [-0.25, -0.2) is 4.79 Å². The van der Waals surface area contributed by atoms with Crippen LogP contribution in [0.25, 0.3) is 0 Å². The lowest BCUT2D eigenvalue weighted by molar-refractivity contribution is -0.141. The zero-order valence-electron chi connectivity index (χ0n) is 16.5. The minimum absolute atomic E-state index is 0.0282. The van der Waals surface area contributed by atoms with Crippen LogP contribution < -0.4 is 5.32 Å². The second-order valence-corrected chi connectivity index (χ2v) is 7.06. The monoisotopic (exact) mass is 363 g/mol. The quantitative estimate of drug-likeness (QED) is 0.246.